The summed E-state index contributed by atoms with van der Waals surface area (Å²) in [6.07, 6.45) is 4.81. The van der Waals surface area contributed by atoms with E-state index < -0.39 is 15.9 Å². The Balaban J connectivity index is 0.00000200. The first-order valence-corrected chi connectivity index (χ1v) is 7.68. The van der Waals surface area contributed by atoms with Crippen molar-refractivity contribution in [1.82, 2.24) is 4.72 Å². The predicted octanol–water partition coefficient (Wildman–Crippen LogP) is 3.30. The van der Waals surface area contributed by atoms with E-state index in [0.29, 0.717) is 6.42 Å². The van der Waals surface area contributed by atoms with Gasteiger partial charge in [-0.25, -0.2) is 12.8 Å². The average molecular weight is 283 g/mol. The van der Waals surface area contributed by atoms with Gasteiger partial charge in [-0.2, -0.15) is 0 Å². The molecular weight excluding hydrogens is 265 g/mol. The molecule has 0 fully saturated rings. The van der Waals surface area contributed by atoms with Gasteiger partial charge in [0.1, 0.15) is 5.83 Å². The molecule has 1 aromatic rings. The zero-order valence-electron chi connectivity index (χ0n) is 10.7. The van der Waals surface area contributed by atoms with Crippen LogP contribution in [0.5, 0.6) is 0 Å². The lowest BCUT2D eigenvalue weighted by Crippen LogP contribution is -2.24. The Bertz CT molecular complexity index is 638. The van der Waals surface area contributed by atoms with Crippen molar-refractivity contribution >= 4 is 10.0 Å². The average Bonchev–Trinajstić information content (AvgIpc) is 2.41. The lowest BCUT2D eigenvalue weighted by Gasteiger charge is -2.13. The molecule has 0 spiro atoms. The SMILES string of the molecule is CCc1cccc(S(=O)(=O)NC2=C(F)CCC=C2)c1.[HH]. The summed E-state index contributed by atoms with van der Waals surface area (Å²) in [4.78, 5) is 0.158. The second kappa shape index (κ2) is 5.57. The minimum atomic E-state index is -3.72. The van der Waals surface area contributed by atoms with Crippen molar-refractivity contribution in [3.8, 4) is 0 Å². The van der Waals surface area contributed by atoms with Crippen LogP contribution in [-0.2, 0) is 16.4 Å². The van der Waals surface area contributed by atoms with Gasteiger partial charge in [0.2, 0.25) is 0 Å². The Hall–Kier alpha value is -1.62. The first-order chi connectivity index (χ1) is 9.03. The van der Waals surface area contributed by atoms with Gasteiger partial charge in [0, 0.05) is 7.85 Å². The van der Waals surface area contributed by atoms with Crippen LogP contribution < -0.4 is 4.72 Å². The number of halogens is 1. The number of rotatable bonds is 4. The molecule has 5 heteroatoms. The van der Waals surface area contributed by atoms with Gasteiger partial charge in [-0.3, -0.25) is 4.72 Å². The number of hydrogen-bond donors (Lipinski definition) is 1. The molecule has 1 aliphatic rings. The molecule has 0 radical (unpaired) electrons. The van der Waals surface area contributed by atoms with E-state index in [1.165, 1.54) is 12.1 Å². The first-order valence-electron chi connectivity index (χ1n) is 6.20. The summed E-state index contributed by atoms with van der Waals surface area (Å²) in [5.41, 5.74) is 0.963. The van der Waals surface area contributed by atoms with Crippen molar-refractivity contribution in [2.75, 3.05) is 0 Å². The molecule has 0 unspecified atom stereocenters. The number of sulfonamides is 1. The van der Waals surface area contributed by atoms with Crippen molar-refractivity contribution in [3.63, 3.8) is 0 Å². The maximum atomic E-state index is 13.5. The molecule has 1 N–H and O–H groups in total. The normalized spacial score (nSPS) is 15.7. The van der Waals surface area contributed by atoms with Gasteiger partial charge in [-0.15, -0.1) is 0 Å². The molecule has 2 rings (SSSR count). The van der Waals surface area contributed by atoms with Crippen LogP contribution >= 0.6 is 0 Å². The number of benzene rings is 1. The van der Waals surface area contributed by atoms with Gasteiger partial charge in [0.05, 0.1) is 10.6 Å². The van der Waals surface area contributed by atoms with E-state index in [1.54, 1.807) is 18.2 Å². The monoisotopic (exact) mass is 283 g/mol. The van der Waals surface area contributed by atoms with Gasteiger partial charge in [-0.1, -0.05) is 25.1 Å². The third-order valence-corrected chi connectivity index (χ3v) is 4.33. The second-order valence-electron chi connectivity index (χ2n) is 4.37. The van der Waals surface area contributed by atoms with Crippen LogP contribution in [0.3, 0.4) is 0 Å². The van der Waals surface area contributed by atoms with E-state index in [4.69, 9.17) is 0 Å². The topological polar surface area (TPSA) is 46.2 Å². The molecule has 0 heterocycles. The van der Waals surface area contributed by atoms with Crippen molar-refractivity contribution in [3.05, 3.63) is 53.5 Å². The zero-order chi connectivity index (χ0) is 13.9. The molecule has 104 valence electrons. The van der Waals surface area contributed by atoms with Crippen LogP contribution in [0.1, 0.15) is 26.8 Å². The Morgan fingerprint density at radius 3 is 2.89 bits per heavy atom. The third-order valence-electron chi connectivity index (χ3n) is 2.97. The predicted molar refractivity (Wildman–Crippen MR) is 74.8 cm³/mol. The zero-order valence-corrected chi connectivity index (χ0v) is 11.5. The lowest BCUT2D eigenvalue weighted by molar-refractivity contribution is 0.561. The van der Waals surface area contributed by atoms with E-state index >= 15 is 0 Å². The van der Waals surface area contributed by atoms with Crippen LogP contribution in [0.25, 0.3) is 0 Å². The minimum absolute atomic E-state index is 0. The Morgan fingerprint density at radius 2 is 2.21 bits per heavy atom. The van der Waals surface area contributed by atoms with Crippen LogP contribution in [0.2, 0.25) is 0 Å². The third kappa shape index (κ3) is 3.23. The van der Waals surface area contributed by atoms with E-state index in [1.807, 2.05) is 13.0 Å². The van der Waals surface area contributed by atoms with Gasteiger partial charge in [0.15, 0.2) is 0 Å². The summed E-state index contributed by atoms with van der Waals surface area (Å²) in [7, 11) is -3.72. The lowest BCUT2D eigenvalue weighted by atomic mass is 10.1. The molecule has 0 amide bonds. The standard InChI is InChI=1S/C14H16FNO2S.H2/c1-2-11-6-5-7-12(10-11)19(17,18)16-14-9-4-3-8-13(14)15;/h4-7,9-10,16H,2-3,8H2,1H3;1H. The van der Waals surface area contributed by atoms with Crippen molar-refractivity contribution in [1.29, 1.82) is 0 Å². The fourth-order valence-corrected chi connectivity index (χ4v) is 3.01. The second-order valence-corrected chi connectivity index (χ2v) is 6.05. The van der Waals surface area contributed by atoms with E-state index in [-0.39, 0.29) is 18.4 Å². The highest BCUT2D eigenvalue weighted by Crippen LogP contribution is 2.20. The number of nitrogens with one attached hydrogen (secondary N) is 1. The molecule has 0 aliphatic heterocycles. The summed E-state index contributed by atoms with van der Waals surface area (Å²) < 4.78 is 40.2. The first kappa shape index (κ1) is 13.8. The van der Waals surface area contributed by atoms with E-state index in [0.717, 1.165) is 12.0 Å². The van der Waals surface area contributed by atoms with Crippen molar-refractivity contribution in [2.24, 2.45) is 0 Å². The van der Waals surface area contributed by atoms with Gasteiger partial charge >= 0.3 is 0 Å². The summed E-state index contributed by atoms with van der Waals surface area (Å²) >= 11 is 0. The molecular formula is C14H18FNO2S. The Kier molecular flexibility index (Phi) is 4.04. The highest BCUT2D eigenvalue weighted by molar-refractivity contribution is 7.89. The quantitative estimate of drug-likeness (QED) is 0.921. The molecule has 0 saturated carbocycles. The smallest absolute Gasteiger partial charge is 0.261 e. The molecule has 0 bridgehead atoms. The molecule has 19 heavy (non-hydrogen) atoms. The van der Waals surface area contributed by atoms with Crippen LogP contribution in [0, 0.1) is 0 Å². The maximum absolute atomic E-state index is 13.5. The van der Waals surface area contributed by atoms with Gasteiger partial charge in [0.25, 0.3) is 10.0 Å². The largest absolute Gasteiger partial charge is 0.277 e. The molecule has 0 aromatic heterocycles. The number of hydrogen-bond acceptors (Lipinski definition) is 2. The number of allylic oxidation sites excluding steroid dienone is 3. The molecule has 3 nitrogen and oxygen atoms in total. The minimum Gasteiger partial charge on any atom is -0.277 e. The van der Waals surface area contributed by atoms with Crippen LogP contribution in [0.15, 0.2) is 52.8 Å². The summed E-state index contributed by atoms with van der Waals surface area (Å²) in [5.74, 6) is -0.419. The molecule has 1 aromatic carbocycles. The van der Waals surface area contributed by atoms with Gasteiger partial charge in [-0.05, 0) is 36.6 Å². The maximum Gasteiger partial charge on any atom is 0.261 e. The molecule has 0 saturated heterocycles. The number of aryl methyl sites for hydroxylation is 1. The fraction of sp³-hybridized carbons (Fsp3) is 0.286. The summed E-state index contributed by atoms with van der Waals surface area (Å²) in [5, 5.41) is 0. The fourth-order valence-electron chi connectivity index (χ4n) is 1.86. The van der Waals surface area contributed by atoms with Crippen molar-refractivity contribution in [2.45, 2.75) is 31.1 Å². The van der Waals surface area contributed by atoms with E-state index in [2.05, 4.69) is 4.72 Å². The van der Waals surface area contributed by atoms with Crippen LogP contribution in [-0.4, -0.2) is 8.42 Å². The van der Waals surface area contributed by atoms with Gasteiger partial charge < -0.3 is 0 Å². The Morgan fingerprint density at radius 1 is 1.42 bits per heavy atom. The highest BCUT2D eigenvalue weighted by Gasteiger charge is 2.18. The summed E-state index contributed by atoms with van der Waals surface area (Å²) in [6, 6.07) is 6.66. The van der Waals surface area contributed by atoms with E-state index in [9.17, 15) is 12.8 Å². The Labute approximate surface area is 114 Å². The van der Waals surface area contributed by atoms with Crippen molar-refractivity contribution < 1.29 is 14.2 Å². The highest BCUT2D eigenvalue weighted by atomic mass is 32.2. The summed E-state index contributed by atoms with van der Waals surface area (Å²) in [6.45, 7) is 1.95. The molecule has 1 aliphatic carbocycles. The molecule has 0 atom stereocenters. The van der Waals surface area contributed by atoms with Crippen LogP contribution in [0.4, 0.5) is 4.39 Å².